The number of hydrogen-bond donors (Lipinski definition) is 2. The third-order valence-corrected chi connectivity index (χ3v) is 3.86. The maximum Gasteiger partial charge on any atom is 0.231 e. The van der Waals surface area contributed by atoms with E-state index in [9.17, 15) is 4.79 Å². The van der Waals surface area contributed by atoms with Crippen molar-refractivity contribution >= 4 is 11.6 Å². The highest BCUT2D eigenvalue weighted by atomic mass is 16.7. The van der Waals surface area contributed by atoms with Crippen molar-refractivity contribution in [3.05, 3.63) is 47.8 Å². The molecule has 1 amide bonds. The SMILES string of the molecule is Cc1cnccc1NCCNC(=O)CCc1ccc2c(c1)OCO2. The highest BCUT2D eigenvalue weighted by Gasteiger charge is 2.13. The van der Waals surface area contributed by atoms with Crippen LogP contribution in [0.2, 0.25) is 0 Å². The van der Waals surface area contributed by atoms with Gasteiger partial charge in [0.25, 0.3) is 0 Å². The van der Waals surface area contributed by atoms with Crippen molar-refractivity contribution < 1.29 is 14.3 Å². The number of amides is 1. The summed E-state index contributed by atoms with van der Waals surface area (Å²) in [6.07, 6.45) is 4.69. The van der Waals surface area contributed by atoms with E-state index in [1.54, 1.807) is 6.20 Å². The summed E-state index contributed by atoms with van der Waals surface area (Å²) in [5, 5.41) is 6.21. The van der Waals surface area contributed by atoms with Crippen LogP contribution < -0.4 is 20.1 Å². The summed E-state index contributed by atoms with van der Waals surface area (Å²) >= 11 is 0. The van der Waals surface area contributed by atoms with Crippen LogP contribution in [0.4, 0.5) is 5.69 Å². The first-order valence-electron chi connectivity index (χ1n) is 8.02. The van der Waals surface area contributed by atoms with Gasteiger partial charge in [0, 0.05) is 37.6 Å². The Morgan fingerprint density at radius 1 is 1.21 bits per heavy atom. The smallest absolute Gasteiger partial charge is 0.231 e. The molecule has 1 aliphatic heterocycles. The van der Waals surface area contributed by atoms with Crippen LogP contribution in [0.25, 0.3) is 0 Å². The van der Waals surface area contributed by atoms with Crippen LogP contribution in [0.1, 0.15) is 17.5 Å². The average Bonchev–Trinajstić information content (AvgIpc) is 3.06. The molecule has 0 saturated carbocycles. The number of nitrogens with zero attached hydrogens (tertiary/aromatic N) is 1. The molecule has 6 heteroatoms. The van der Waals surface area contributed by atoms with E-state index in [0.29, 0.717) is 25.9 Å². The van der Waals surface area contributed by atoms with Gasteiger partial charge in [-0.25, -0.2) is 0 Å². The fourth-order valence-corrected chi connectivity index (χ4v) is 2.51. The lowest BCUT2D eigenvalue weighted by Gasteiger charge is -2.10. The third kappa shape index (κ3) is 4.16. The Morgan fingerprint density at radius 2 is 2.08 bits per heavy atom. The number of fused-ring (bicyclic) bond motifs is 1. The van der Waals surface area contributed by atoms with Gasteiger partial charge in [-0.1, -0.05) is 6.07 Å². The minimum atomic E-state index is 0.0425. The molecule has 0 saturated heterocycles. The predicted molar refractivity (Wildman–Crippen MR) is 91.4 cm³/mol. The monoisotopic (exact) mass is 327 g/mol. The molecule has 0 spiro atoms. The lowest BCUT2D eigenvalue weighted by Crippen LogP contribution is -2.29. The first kappa shape index (κ1) is 16.1. The second-order valence-electron chi connectivity index (χ2n) is 5.65. The standard InChI is InChI=1S/C18H21N3O3/c1-13-11-19-7-6-15(13)20-8-9-21-18(22)5-3-14-2-4-16-17(10-14)24-12-23-16/h2,4,6-7,10-11H,3,5,8-9,12H2,1H3,(H,19,20)(H,21,22). The lowest BCUT2D eigenvalue weighted by molar-refractivity contribution is -0.120. The molecule has 24 heavy (non-hydrogen) atoms. The van der Waals surface area contributed by atoms with E-state index in [1.807, 2.05) is 37.4 Å². The van der Waals surface area contributed by atoms with Crippen LogP contribution in [0, 0.1) is 6.92 Å². The van der Waals surface area contributed by atoms with Crippen LogP contribution in [0.15, 0.2) is 36.7 Å². The van der Waals surface area contributed by atoms with Gasteiger partial charge in [0.2, 0.25) is 12.7 Å². The zero-order valence-electron chi connectivity index (χ0n) is 13.7. The molecule has 6 nitrogen and oxygen atoms in total. The van der Waals surface area contributed by atoms with Crippen LogP contribution in [-0.2, 0) is 11.2 Å². The highest BCUT2D eigenvalue weighted by molar-refractivity contribution is 5.76. The van der Waals surface area contributed by atoms with Crippen LogP contribution >= 0.6 is 0 Å². The molecule has 0 fully saturated rings. The number of anilines is 1. The van der Waals surface area contributed by atoms with Crippen molar-refractivity contribution in [2.75, 3.05) is 25.2 Å². The summed E-state index contributed by atoms with van der Waals surface area (Å²) in [5.74, 6) is 1.56. The molecule has 126 valence electrons. The Hall–Kier alpha value is -2.76. The number of carbonyl (C=O) groups excluding carboxylic acids is 1. The average molecular weight is 327 g/mol. The van der Waals surface area contributed by atoms with E-state index < -0.39 is 0 Å². The fourth-order valence-electron chi connectivity index (χ4n) is 2.51. The molecule has 1 aromatic carbocycles. The maximum atomic E-state index is 11.9. The first-order valence-corrected chi connectivity index (χ1v) is 8.02. The zero-order chi connectivity index (χ0) is 16.8. The first-order chi connectivity index (χ1) is 11.7. The van der Waals surface area contributed by atoms with E-state index in [1.165, 1.54) is 0 Å². The summed E-state index contributed by atoms with van der Waals surface area (Å²) < 4.78 is 10.6. The predicted octanol–water partition coefficient (Wildman–Crippen LogP) is 2.28. The van der Waals surface area contributed by atoms with Crippen molar-refractivity contribution in [1.82, 2.24) is 10.3 Å². The fraction of sp³-hybridized carbons (Fsp3) is 0.333. The van der Waals surface area contributed by atoms with E-state index in [-0.39, 0.29) is 12.7 Å². The lowest BCUT2D eigenvalue weighted by atomic mass is 10.1. The number of pyridine rings is 1. The molecule has 0 bridgehead atoms. The third-order valence-electron chi connectivity index (χ3n) is 3.86. The van der Waals surface area contributed by atoms with Gasteiger partial charge >= 0.3 is 0 Å². The summed E-state index contributed by atoms with van der Waals surface area (Å²) in [6.45, 7) is 3.53. The number of nitrogens with one attached hydrogen (secondary N) is 2. The quantitative estimate of drug-likeness (QED) is 0.763. The topological polar surface area (TPSA) is 72.5 Å². The van der Waals surface area contributed by atoms with Gasteiger partial charge in [-0.15, -0.1) is 0 Å². The van der Waals surface area contributed by atoms with Crippen molar-refractivity contribution in [3.63, 3.8) is 0 Å². The Bertz CT molecular complexity index is 718. The van der Waals surface area contributed by atoms with Gasteiger partial charge in [0.05, 0.1) is 0 Å². The maximum absolute atomic E-state index is 11.9. The molecule has 1 aromatic heterocycles. The molecule has 1 aliphatic rings. The summed E-state index contributed by atoms with van der Waals surface area (Å²) in [6, 6.07) is 7.71. The van der Waals surface area contributed by atoms with Gasteiger partial charge in [-0.05, 0) is 42.7 Å². The second kappa shape index (κ2) is 7.68. The van der Waals surface area contributed by atoms with Gasteiger partial charge < -0.3 is 20.1 Å². The second-order valence-corrected chi connectivity index (χ2v) is 5.65. The molecule has 0 unspecified atom stereocenters. The number of benzene rings is 1. The van der Waals surface area contributed by atoms with Crippen molar-refractivity contribution in [2.24, 2.45) is 0 Å². The number of ether oxygens (including phenoxy) is 2. The van der Waals surface area contributed by atoms with E-state index >= 15 is 0 Å². The normalized spacial score (nSPS) is 12.0. The summed E-state index contributed by atoms with van der Waals surface area (Å²) in [4.78, 5) is 16.0. The summed E-state index contributed by atoms with van der Waals surface area (Å²) in [7, 11) is 0. The van der Waals surface area contributed by atoms with Gasteiger partial charge in [0.1, 0.15) is 0 Å². The van der Waals surface area contributed by atoms with Crippen molar-refractivity contribution in [2.45, 2.75) is 19.8 Å². The van der Waals surface area contributed by atoms with E-state index in [4.69, 9.17) is 9.47 Å². The molecule has 0 atom stereocenters. The zero-order valence-corrected chi connectivity index (χ0v) is 13.7. The molecular weight excluding hydrogens is 306 g/mol. The molecular formula is C18H21N3O3. The van der Waals surface area contributed by atoms with Gasteiger partial charge in [-0.2, -0.15) is 0 Å². The Kier molecular flexibility index (Phi) is 5.15. The van der Waals surface area contributed by atoms with Gasteiger partial charge in [0.15, 0.2) is 11.5 Å². The number of carbonyl (C=O) groups is 1. The molecule has 2 aromatic rings. The minimum Gasteiger partial charge on any atom is -0.454 e. The number of rotatable bonds is 7. The largest absolute Gasteiger partial charge is 0.454 e. The minimum absolute atomic E-state index is 0.0425. The Balaban J connectivity index is 1.36. The number of aryl methyl sites for hydroxylation is 2. The van der Waals surface area contributed by atoms with Gasteiger partial charge in [-0.3, -0.25) is 9.78 Å². The number of hydrogen-bond acceptors (Lipinski definition) is 5. The molecule has 0 radical (unpaired) electrons. The molecule has 3 rings (SSSR count). The van der Waals surface area contributed by atoms with E-state index in [2.05, 4.69) is 15.6 Å². The molecule has 2 heterocycles. The Labute approximate surface area is 141 Å². The van der Waals surface area contributed by atoms with Crippen LogP contribution in [0.3, 0.4) is 0 Å². The van der Waals surface area contributed by atoms with Crippen LogP contribution in [-0.4, -0.2) is 30.8 Å². The van der Waals surface area contributed by atoms with Crippen molar-refractivity contribution in [1.29, 1.82) is 0 Å². The molecule has 0 aliphatic carbocycles. The highest BCUT2D eigenvalue weighted by Crippen LogP contribution is 2.32. The van der Waals surface area contributed by atoms with Crippen LogP contribution in [0.5, 0.6) is 11.5 Å². The number of aromatic nitrogens is 1. The van der Waals surface area contributed by atoms with E-state index in [0.717, 1.165) is 28.3 Å². The molecule has 2 N–H and O–H groups in total. The Morgan fingerprint density at radius 3 is 2.96 bits per heavy atom. The van der Waals surface area contributed by atoms with Crippen molar-refractivity contribution in [3.8, 4) is 11.5 Å². The summed E-state index contributed by atoms with van der Waals surface area (Å²) in [5.41, 5.74) is 3.20.